The molecule has 0 aromatic carbocycles. The first kappa shape index (κ1) is 13.6. The smallest absolute Gasteiger partial charge is 0.480 e. The molecule has 0 aliphatic carbocycles. The van der Waals surface area contributed by atoms with Gasteiger partial charge in [-0.1, -0.05) is 0 Å². The van der Waals surface area contributed by atoms with Gasteiger partial charge in [0.15, 0.2) is 12.0 Å². The van der Waals surface area contributed by atoms with Crippen molar-refractivity contribution in [3.63, 3.8) is 0 Å². The Bertz CT molecular complexity index is 423. The highest BCUT2D eigenvalue weighted by atomic mass is 35.5. The van der Waals surface area contributed by atoms with Crippen molar-refractivity contribution < 1.29 is 27.4 Å². The summed E-state index contributed by atoms with van der Waals surface area (Å²) in [5.74, 6) is -1.06. The number of aldehydes is 1. The Morgan fingerprint density at radius 2 is 2.18 bits per heavy atom. The molecule has 94 valence electrons. The molecule has 0 bridgehead atoms. The van der Waals surface area contributed by atoms with Crippen molar-refractivity contribution >= 4 is 17.9 Å². The first-order valence-corrected chi connectivity index (χ1v) is 4.79. The lowest BCUT2D eigenvalue weighted by atomic mass is 10.1. The van der Waals surface area contributed by atoms with Crippen LogP contribution in [0.25, 0.3) is 0 Å². The second kappa shape index (κ2) is 5.22. The predicted octanol–water partition coefficient (Wildman–Crippen LogP) is 2.54. The average molecular weight is 270 g/mol. The van der Waals surface area contributed by atoms with Crippen LogP contribution in [0.15, 0.2) is 6.20 Å². The third kappa shape index (κ3) is 3.23. The number of nitrogens with zero attached hydrogens (tertiary/aromatic N) is 1. The monoisotopic (exact) mass is 269 g/mol. The third-order valence-electron chi connectivity index (χ3n) is 1.82. The summed E-state index contributed by atoms with van der Waals surface area (Å²) in [5.41, 5.74) is -0.282. The van der Waals surface area contributed by atoms with Crippen LogP contribution in [0.5, 0.6) is 11.6 Å². The van der Waals surface area contributed by atoms with E-state index in [1.54, 1.807) is 0 Å². The Labute approximate surface area is 99.3 Å². The lowest BCUT2D eigenvalue weighted by Gasteiger charge is -2.14. The van der Waals surface area contributed by atoms with Gasteiger partial charge in [-0.3, -0.25) is 4.79 Å². The lowest BCUT2D eigenvalue weighted by molar-refractivity contribution is -0.275. The zero-order chi connectivity index (χ0) is 13.1. The molecule has 1 heterocycles. The van der Waals surface area contributed by atoms with E-state index in [0.717, 1.165) is 6.20 Å². The Hall–Kier alpha value is -1.50. The largest absolute Gasteiger partial charge is 0.573 e. The number of hydrogen-bond acceptors (Lipinski definition) is 4. The van der Waals surface area contributed by atoms with Gasteiger partial charge in [0.1, 0.15) is 0 Å². The Balaban J connectivity index is 3.28. The maximum Gasteiger partial charge on any atom is 0.573 e. The summed E-state index contributed by atoms with van der Waals surface area (Å²) >= 11 is 5.48. The zero-order valence-electron chi connectivity index (χ0n) is 8.55. The third-order valence-corrected chi connectivity index (χ3v) is 2.09. The zero-order valence-corrected chi connectivity index (χ0v) is 9.30. The number of ether oxygens (including phenoxy) is 2. The van der Waals surface area contributed by atoms with Crippen LogP contribution in [0.3, 0.4) is 0 Å². The van der Waals surface area contributed by atoms with Gasteiger partial charge in [-0.2, -0.15) is 0 Å². The van der Waals surface area contributed by atoms with Crippen LogP contribution in [0.1, 0.15) is 15.9 Å². The summed E-state index contributed by atoms with van der Waals surface area (Å²) in [5, 5.41) is 0. The van der Waals surface area contributed by atoms with Crippen LogP contribution in [-0.4, -0.2) is 24.7 Å². The average Bonchev–Trinajstić information content (AvgIpc) is 2.26. The van der Waals surface area contributed by atoms with Crippen LogP contribution in [-0.2, 0) is 5.88 Å². The van der Waals surface area contributed by atoms with Crippen molar-refractivity contribution in [2.45, 2.75) is 12.2 Å². The van der Waals surface area contributed by atoms with Crippen LogP contribution >= 0.6 is 11.6 Å². The Morgan fingerprint density at radius 3 is 2.59 bits per heavy atom. The second-order valence-corrected chi connectivity index (χ2v) is 3.09. The summed E-state index contributed by atoms with van der Waals surface area (Å²) in [4.78, 5) is 14.3. The fourth-order valence-electron chi connectivity index (χ4n) is 1.16. The molecule has 0 atom stereocenters. The predicted molar refractivity (Wildman–Crippen MR) is 52.4 cm³/mol. The Kier molecular flexibility index (Phi) is 4.17. The van der Waals surface area contributed by atoms with Crippen molar-refractivity contribution in [1.29, 1.82) is 0 Å². The van der Waals surface area contributed by atoms with Crippen molar-refractivity contribution in [2.75, 3.05) is 7.11 Å². The topological polar surface area (TPSA) is 48.4 Å². The highest BCUT2D eigenvalue weighted by Crippen LogP contribution is 2.32. The number of halogens is 4. The van der Waals surface area contributed by atoms with E-state index < -0.39 is 12.1 Å². The Morgan fingerprint density at radius 1 is 1.53 bits per heavy atom. The molecule has 0 aliphatic rings. The minimum Gasteiger partial charge on any atom is -0.480 e. The van der Waals surface area contributed by atoms with Crippen molar-refractivity contribution in [3.8, 4) is 11.6 Å². The summed E-state index contributed by atoms with van der Waals surface area (Å²) < 4.78 is 44.6. The van der Waals surface area contributed by atoms with Gasteiger partial charge in [0.05, 0.1) is 24.8 Å². The minimum absolute atomic E-state index is 0.106. The molecule has 0 aliphatic heterocycles. The molecular weight excluding hydrogens is 263 g/mol. The molecule has 1 aromatic heterocycles. The molecule has 1 rings (SSSR count). The SMILES string of the molecule is COc1ncc(OC(F)(F)F)c(CCl)c1C=O. The van der Waals surface area contributed by atoms with Gasteiger partial charge in [-0.15, -0.1) is 24.8 Å². The van der Waals surface area contributed by atoms with E-state index in [-0.39, 0.29) is 22.9 Å². The number of rotatable bonds is 4. The lowest BCUT2D eigenvalue weighted by Crippen LogP contribution is -2.19. The van der Waals surface area contributed by atoms with Gasteiger partial charge in [-0.05, 0) is 0 Å². The van der Waals surface area contributed by atoms with Gasteiger partial charge in [0, 0.05) is 5.56 Å². The highest BCUT2D eigenvalue weighted by Gasteiger charge is 2.33. The molecule has 0 spiro atoms. The molecule has 0 radical (unpaired) electrons. The van der Waals surface area contributed by atoms with Crippen molar-refractivity contribution in [2.24, 2.45) is 0 Å². The minimum atomic E-state index is -4.88. The molecule has 0 N–H and O–H groups in total. The van der Waals surface area contributed by atoms with Crippen LogP contribution < -0.4 is 9.47 Å². The first-order valence-electron chi connectivity index (χ1n) is 4.25. The number of alkyl halides is 4. The van der Waals surface area contributed by atoms with Crippen molar-refractivity contribution in [1.82, 2.24) is 4.98 Å². The normalized spacial score (nSPS) is 11.1. The molecule has 0 saturated heterocycles. The molecule has 0 fully saturated rings. The van der Waals surface area contributed by atoms with Crippen molar-refractivity contribution in [3.05, 3.63) is 17.3 Å². The van der Waals surface area contributed by atoms with Gasteiger partial charge in [0.2, 0.25) is 5.88 Å². The fourth-order valence-corrected chi connectivity index (χ4v) is 1.44. The molecule has 1 aromatic rings. The van der Waals surface area contributed by atoms with E-state index in [4.69, 9.17) is 16.3 Å². The van der Waals surface area contributed by atoms with Gasteiger partial charge in [0.25, 0.3) is 0 Å². The number of aromatic nitrogens is 1. The number of methoxy groups -OCH3 is 1. The second-order valence-electron chi connectivity index (χ2n) is 2.82. The van der Waals surface area contributed by atoms with E-state index in [0.29, 0.717) is 6.29 Å². The molecular formula is C9H7ClF3NO3. The number of pyridine rings is 1. The van der Waals surface area contributed by atoms with Crippen LogP contribution in [0, 0.1) is 0 Å². The number of carbonyl (C=O) groups excluding carboxylic acids is 1. The maximum absolute atomic E-state index is 12.1. The standard InChI is InChI=1S/C9H7ClF3NO3/c1-16-8-6(4-15)5(2-10)7(3-14-8)17-9(11,12)13/h3-4H,2H2,1H3. The molecule has 4 nitrogen and oxygen atoms in total. The number of carbonyl (C=O) groups is 1. The van der Waals surface area contributed by atoms with E-state index in [2.05, 4.69) is 9.72 Å². The summed E-state index contributed by atoms with van der Waals surface area (Å²) in [7, 11) is 1.23. The molecule has 0 saturated carbocycles. The van der Waals surface area contributed by atoms with Gasteiger partial charge < -0.3 is 9.47 Å². The quantitative estimate of drug-likeness (QED) is 0.622. The summed E-state index contributed by atoms with van der Waals surface area (Å²) in [6.45, 7) is 0. The summed E-state index contributed by atoms with van der Waals surface area (Å²) in [6, 6.07) is 0. The molecule has 17 heavy (non-hydrogen) atoms. The van der Waals surface area contributed by atoms with E-state index >= 15 is 0 Å². The van der Waals surface area contributed by atoms with E-state index in [1.165, 1.54) is 7.11 Å². The number of hydrogen-bond donors (Lipinski definition) is 0. The fraction of sp³-hybridized carbons (Fsp3) is 0.333. The van der Waals surface area contributed by atoms with E-state index in [9.17, 15) is 18.0 Å². The van der Waals surface area contributed by atoms with Crippen LogP contribution in [0.4, 0.5) is 13.2 Å². The van der Waals surface area contributed by atoms with Gasteiger partial charge in [-0.25, -0.2) is 4.98 Å². The molecule has 8 heteroatoms. The van der Waals surface area contributed by atoms with E-state index in [1.807, 2.05) is 0 Å². The first-order chi connectivity index (χ1) is 7.92. The highest BCUT2D eigenvalue weighted by molar-refractivity contribution is 6.17. The summed E-state index contributed by atoms with van der Waals surface area (Å²) in [6.07, 6.45) is -3.76. The maximum atomic E-state index is 12.1. The van der Waals surface area contributed by atoms with Gasteiger partial charge >= 0.3 is 6.36 Å². The molecule has 0 unspecified atom stereocenters. The molecule has 0 amide bonds. The van der Waals surface area contributed by atoms with Crippen LogP contribution in [0.2, 0.25) is 0 Å².